The highest BCUT2D eigenvalue weighted by atomic mass is 16.6. The van der Waals surface area contributed by atoms with Gasteiger partial charge in [-0.05, 0) is 98.8 Å². The SMILES string of the molecule is CC[C@H](C)[C@@H]([C@@H](CC(=O)N1CCC[C@H]1[C@H](OC)[C@@H](C)C(=O)N[C@H](C)[C@@H](O)c1ccccc1)OC)N(C)C(=O)[C@@H](NC(=O)[C@H](C(C)C)N(C)C(=O)OCc1ccc(NC(=O)[C@H](CCCNC(N)=O)NC(=O)[C@@H](NC(=O)[C@H](CCC(=O)O)NC(=O)CCCCCN2C(=O)C=CC2=O)C(C)C)cc1)C(C)C. The number of carbonyl (C=O) groups excluding carboxylic acids is 12. The summed E-state index contributed by atoms with van der Waals surface area (Å²) >= 11 is 0. The molecule has 2 aliphatic heterocycles. The number of urea groups is 1. The zero-order valence-electron chi connectivity index (χ0n) is 62.2. The maximum atomic E-state index is 14.9. The number of likely N-dealkylation sites (tertiary alicyclic amines) is 1. The first kappa shape index (κ1) is 86.4. The number of ether oxygens (including phenoxy) is 3. The van der Waals surface area contributed by atoms with Crippen LogP contribution < -0.4 is 43.0 Å². The molecule has 2 aromatic rings. The van der Waals surface area contributed by atoms with Crippen LogP contribution in [0.5, 0.6) is 0 Å². The van der Waals surface area contributed by atoms with Gasteiger partial charge in [0, 0.05) is 78.6 Å². The van der Waals surface area contributed by atoms with Crippen molar-refractivity contribution in [2.24, 2.45) is 35.3 Å². The number of unbranched alkanes of at least 4 members (excludes halogenated alkanes) is 2. The molecule has 13 atom stereocenters. The normalized spacial score (nSPS) is 17.1. The van der Waals surface area contributed by atoms with Crippen LogP contribution in [0, 0.1) is 29.6 Å². The number of aliphatic hydroxyl groups is 1. The highest BCUT2D eigenvalue weighted by Gasteiger charge is 2.44. The number of amides is 13. The number of imide groups is 1. The summed E-state index contributed by atoms with van der Waals surface area (Å²) in [5, 5.41) is 39.3. The van der Waals surface area contributed by atoms with Crippen LogP contribution in [0.1, 0.15) is 164 Å². The van der Waals surface area contributed by atoms with Gasteiger partial charge < -0.3 is 77.2 Å². The molecule has 0 aromatic heterocycles. The second-order valence-electron chi connectivity index (χ2n) is 27.8. The Labute approximate surface area is 604 Å². The number of benzene rings is 2. The van der Waals surface area contributed by atoms with E-state index in [-0.39, 0.29) is 75.2 Å². The Morgan fingerprint density at radius 3 is 1.86 bits per heavy atom. The monoisotopic (exact) mass is 1440 g/mol. The van der Waals surface area contributed by atoms with Crippen molar-refractivity contribution >= 4 is 82.9 Å². The van der Waals surface area contributed by atoms with Crippen LogP contribution in [0.4, 0.5) is 15.3 Å². The summed E-state index contributed by atoms with van der Waals surface area (Å²) in [7, 11) is 6.02. The molecule has 13 amide bonds. The van der Waals surface area contributed by atoms with Crippen LogP contribution in [0.25, 0.3) is 0 Å². The number of anilines is 1. The molecule has 1 saturated heterocycles. The fourth-order valence-electron chi connectivity index (χ4n) is 12.9. The molecule has 30 heteroatoms. The van der Waals surface area contributed by atoms with Gasteiger partial charge in [-0.2, -0.15) is 0 Å². The Morgan fingerprint density at radius 1 is 0.670 bits per heavy atom. The number of likely N-dealkylation sites (N-methyl/N-ethyl adjacent to an activating group) is 2. The first-order valence-corrected chi connectivity index (χ1v) is 35.6. The van der Waals surface area contributed by atoms with Gasteiger partial charge in [0.1, 0.15) is 36.8 Å². The number of nitrogens with one attached hydrogen (secondary N) is 7. The van der Waals surface area contributed by atoms with Gasteiger partial charge in [0.05, 0.1) is 48.8 Å². The minimum atomic E-state index is -1.36. The average molecular weight is 1450 g/mol. The molecule has 4 rings (SSSR count). The number of primary amides is 1. The van der Waals surface area contributed by atoms with Crippen LogP contribution in [0.3, 0.4) is 0 Å². The van der Waals surface area contributed by atoms with E-state index in [1.165, 1.54) is 50.5 Å². The van der Waals surface area contributed by atoms with Gasteiger partial charge in [0.15, 0.2) is 0 Å². The van der Waals surface area contributed by atoms with Gasteiger partial charge >= 0.3 is 18.1 Å². The van der Waals surface area contributed by atoms with E-state index >= 15 is 0 Å². The Morgan fingerprint density at radius 2 is 1.29 bits per heavy atom. The van der Waals surface area contributed by atoms with Crippen LogP contribution in [0.15, 0.2) is 66.7 Å². The number of hydrogen-bond donors (Lipinski definition) is 10. The predicted octanol–water partition coefficient (Wildman–Crippen LogP) is 4.43. The van der Waals surface area contributed by atoms with Crippen LogP contribution in [-0.4, -0.2) is 215 Å². The zero-order chi connectivity index (χ0) is 76.9. The van der Waals surface area contributed by atoms with E-state index in [1.54, 1.807) is 91.6 Å². The molecule has 2 heterocycles. The molecule has 572 valence electrons. The minimum Gasteiger partial charge on any atom is -0.481 e. The number of hydrogen-bond acceptors (Lipinski definition) is 17. The van der Waals surface area contributed by atoms with E-state index in [0.29, 0.717) is 56.2 Å². The Hall–Kier alpha value is -9.03. The summed E-state index contributed by atoms with van der Waals surface area (Å²) in [6.07, 6.45) is 1.26. The number of nitrogens with zero attached hydrogens (tertiary/aromatic N) is 4. The first-order chi connectivity index (χ1) is 48.7. The third kappa shape index (κ3) is 26.3. The van der Waals surface area contributed by atoms with E-state index in [1.807, 2.05) is 32.0 Å². The number of rotatable bonds is 43. The second kappa shape index (κ2) is 42.5. The fraction of sp³-hybridized carbons (Fsp3) is 0.630. The molecule has 11 N–H and O–H groups in total. The number of aliphatic carboxylic acids is 1. The van der Waals surface area contributed by atoms with Crippen LogP contribution in [-0.2, 0) is 73.6 Å². The summed E-state index contributed by atoms with van der Waals surface area (Å²) < 4.78 is 17.8. The number of nitrogens with two attached hydrogens (primary N) is 1. The second-order valence-corrected chi connectivity index (χ2v) is 27.8. The van der Waals surface area contributed by atoms with Gasteiger partial charge in [0.25, 0.3) is 11.8 Å². The minimum absolute atomic E-state index is 0.0258. The number of carboxylic acid groups (broad SMARTS) is 1. The topological polar surface area (TPSA) is 413 Å². The van der Waals surface area contributed by atoms with Crippen molar-refractivity contribution in [2.45, 2.75) is 220 Å². The quantitative estimate of drug-likeness (QED) is 0.0324. The van der Waals surface area contributed by atoms with E-state index < -0.39 is 162 Å². The summed E-state index contributed by atoms with van der Waals surface area (Å²) in [6, 6.07) is 6.55. The third-order valence-electron chi connectivity index (χ3n) is 19.0. The molecule has 2 aliphatic rings. The van der Waals surface area contributed by atoms with Gasteiger partial charge in [-0.3, -0.25) is 62.5 Å². The van der Waals surface area contributed by atoms with Crippen LogP contribution in [0.2, 0.25) is 0 Å². The molecule has 103 heavy (non-hydrogen) atoms. The molecular formula is C73H112N12O18. The summed E-state index contributed by atoms with van der Waals surface area (Å²) in [6.45, 7) is 18.0. The first-order valence-electron chi connectivity index (χ1n) is 35.6. The highest BCUT2D eigenvalue weighted by molar-refractivity contribution is 6.12. The van der Waals surface area contributed by atoms with Gasteiger partial charge in [-0.1, -0.05) is 118 Å². The molecule has 0 spiro atoms. The van der Waals surface area contributed by atoms with Crippen molar-refractivity contribution < 1.29 is 86.8 Å². The van der Waals surface area contributed by atoms with E-state index in [2.05, 4.69) is 37.2 Å². The number of carbonyl (C=O) groups is 13. The largest absolute Gasteiger partial charge is 0.481 e. The standard InChI is InChI=1S/C73H112N12O18/c1-15-45(8)63(54(101-13)40-58(89)84-39-23-27-53(84)65(102-14)46(9)66(93)76-47(10)64(92)49-24-18-16-19-25-49)82(11)71(98)61(43(4)5)81-70(97)62(44(6)7)83(12)73(100)103-41-48-29-31-50(32-30-48)77-67(94)51(26-22-37-75-72(74)99)79-69(96)60(42(2)3)80-68(95)52(33-36-59(90)91)78-55(86)28-20-17-21-38-85-56(87)34-35-57(85)88/h16,18-19,24-25,29-32,34-35,42-47,51-54,60-65,92H,15,17,20-23,26-28,33,36-41H2,1-14H3,(H,76,93)(H,77,94)(H,78,86)(H,79,96)(H,80,95)(H,81,97)(H,90,91)(H3,74,75,99)/t45-,46+,47+,51-,52-,53-,54+,60-,61-,62-,63-,64+,65+/m0/s1. The smallest absolute Gasteiger partial charge is 0.410 e. The zero-order valence-corrected chi connectivity index (χ0v) is 62.2. The average Bonchev–Trinajstić information content (AvgIpc) is 1.80. The number of aliphatic hydroxyl groups excluding tert-OH is 1. The summed E-state index contributed by atoms with van der Waals surface area (Å²) in [5.41, 5.74) is 6.66. The lowest BCUT2D eigenvalue weighted by Crippen LogP contribution is -2.60. The molecule has 0 unspecified atom stereocenters. The van der Waals surface area contributed by atoms with Gasteiger partial charge in [-0.15, -0.1) is 0 Å². The molecule has 2 aromatic carbocycles. The summed E-state index contributed by atoms with van der Waals surface area (Å²) in [5.74, 6) is -9.06. The molecule has 1 fully saturated rings. The van der Waals surface area contributed by atoms with Gasteiger partial charge in [-0.25, -0.2) is 9.59 Å². The number of carboxylic acids is 1. The van der Waals surface area contributed by atoms with Crippen molar-refractivity contribution in [3.8, 4) is 0 Å². The lowest BCUT2D eigenvalue weighted by Gasteiger charge is -2.41. The van der Waals surface area contributed by atoms with Crippen molar-refractivity contribution in [1.29, 1.82) is 0 Å². The molecule has 0 aliphatic carbocycles. The summed E-state index contributed by atoms with van der Waals surface area (Å²) in [4.78, 5) is 178. The third-order valence-corrected chi connectivity index (χ3v) is 19.0. The van der Waals surface area contributed by atoms with Crippen molar-refractivity contribution in [3.05, 3.63) is 77.9 Å². The maximum absolute atomic E-state index is 14.9. The Balaban J connectivity index is 1.40. The van der Waals surface area contributed by atoms with Crippen molar-refractivity contribution in [2.75, 3.05) is 53.3 Å². The van der Waals surface area contributed by atoms with Crippen LogP contribution >= 0.6 is 0 Å². The van der Waals surface area contributed by atoms with E-state index in [4.69, 9.17) is 19.9 Å². The Bertz CT molecular complexity index is 3210. The maximum Gasteiger partial charge on any atom is 0.410 e. The Kier molecular flexibility index (Phi) is 35.7. The van der Waals surface area contributed by atoms with Crippen molar-refractivity contribution in [1.82, 2.24) is 51.5 Å². The lowest BCUT2D eigenvalue weighted by atomic mass is 9.89. The molecule has 0 saturated carbocycles. The molecule has 30 nitrogen and oxygen atoms in total. The lowest BCUT2D eigenvalue weighted by molar-refractivity contribution is -0.148. The fourth-order valence-corrected chi connectivity index (χ4v) is 12.9. The molecule has 0 bridgehead atoms. The van der Waals surface area contributed by atoms with E-state index in [9.17, 15) is 72.5 Å². The van der Waals surface area contributed by atoms with Gasteiger partial charge in [0.2, 0.25) is 47.3 Å². The van der Waals surface area contributed by atoms with Crippen molar-refractivity contribution in [3.63, 3.8) is 0 Å². The predicted molar refractivity (Wildman–Crippen MR) is 382 cm³/mol. The molecular weight excluding hydrogens is 1330 g/mol. The van der Waals surface area contributed by atoms with E-state index in [0.717, 1.165) is 9.80 Å². The highest BCUT2D eigenvalue weighted by Crippen LogP contribution is 2.31. The molecule has 0 radical (unpaired) electrons. The number of methoxy groups -OCH3 is 2.